The van der Waals surface area contributed by atoms with E-state index in [1.54, 1.807) is 17.5 Å². The molecule has 0 bridgehead atoms. The predicted octanol–water partition coefficient (Wildman–Crippen LogP) is 3.38. The number of hydrogen-bond acceptors (Lipinski definition) is 4. The maximum Gasteiger partial charge on any atom is 0.237 e. The lowest BCUT2D eigenvalue weighted by molar-refractivity contribution is -0.113. The van der Waals surface area contributed by atoms with Crippen molar-refractivity contribution in [3.8, 4) is 0 Å². The maximum absolute atomic E-state index is 11.9. The van der Waals surface area contributed by atoms with Gasteiger partial charge in [-0.2, -0.15) is 0 Å². The Labute approximate surface area is 132 Å². The maximum atomic E-state index is 11.9. The zero-order valence-electron chi connectivity index (χ0n) is 10.1. The molecule has 1 aromatic carbocycles. The zero-order valence-corrected chi connectivity index (χ0v) is 13.2. The Morgan fingerprint density at radius 3 is 2.55 bits per heavy atom. The van der Waals surface area contributed by atoms with Gasteiger partial charge in [0.2, 0.25) is 5.91 Å². The van der Waals surface area contributed by atoms with Crippen molar-refractivity contribution >= 4 is 62.6 Å². The average molecular weight is 349 g/mol. The lowest BCUT2D eigenvalue weighted by Crippen LogP contribution is -2.19. The number of nitrogen functional groups attached to an aromatic ring is 1. The number of rotatable bonds is 4. The van der Waals surface area contributed by atoms with Gasteiger partial charge in [-0.1, -0.05) is 29.3 Å². The third-order valence-corrected chi connectivity index (χ3v) is 5.52. The van der Waals surface area contributed by atoms with Crippen LogP contribution in [0.2, 0.25) is 10.0 Å². The fraction of sp³-hybridized carbons (Fsp3) is 0.0833. The highest BCUT2D eigenvalue weighted by Crippen LogP contribution is 2.32. The highest BCUT2D eigenvalue weighted by molar-refractivity contribution is 7.88. The van der Waals surface area contributed by atoms with Crippen molar-refractivity contribution in [3.05, 3.63) is 39.7 Å². The van der Waals surface area contributed by atoms with Crippen LogP contribution in [0.3, 0.4) is 0 Å². The van der Waals surface area contributed by atoms with E-state index >= 15 is 0 Å². The van der Waals surface area contributed by atoms with Crippen LogP contribution in [0.5, 0.6) is 0 Å². The molecule has 1 aromatic heterocycles. The van der Waals surface area contributed by atoms with Crippen LogP contribution in [0, 0.1) is 0 Å². The van der Waals surface area contributed by atoms with E-state index in [1.807, 2.05) is 0 Å². The molecule has 1 amide bonds. The first-order valence-electron chi connectivity index (χ1n) is 5.43. The second-order valence-electron chi connectivity index (χ2n) is 3.83. The van der Waals surface area contributed by atoms with E-state index in [1.165, 1.54) is 23.5 Å². The van der Waals surface area contributed by atoms with Crippen LogP contribution in [-0.4, -0.2) is 15.9 Å². The standard InChI is InChI=1S/C12H10Cl2N2O2S2/c13-8-4-7(15)5-9(14)12(8)16-10(17)6-20(18)11-2-1-3-19-11/h1-5H,6,15H2,(H,16,17). The molecular formula is C12H10Cl2N2O2S2. The Morgan fingerprint density at radius 1 is 1.35 bits per heavy atom. The van der Waals surface area contributed by atoms with Gasteiger partial charge in [0.15, 0.2) is 0 Å². The topological polar surface area (TPSA) is 72.2 Å². The quantitative estimate of drug-likeness (QED) is 0.831. The van der Waals surface area contributed by atoms with Crippen molar-refractivity contribution in [1.82, 2.24) is 0 Å². The SMILES string of the molecule is Nc1cc(Cl)c(NC(=O)CS(=O)c2cccs2)c(Cl)c1. The normalized spacial score (nSPS) is 12.1. The summed E-state index contributed by atoms with van der Waals surface area (Å²) in [6.07, 6.45) is 0. The largest absolute Gasteiger partial charge is 0.399 e. The Hall–Kier alpha value is -1.08. The number of thiophene rings is 1. The molecular weight excluding hydrogens is 339 g/mol. The first-order chi connectivity index (χ1) is 9.47. The van der Waals surface area contributed by atoms with Gasteiger partial charge >= 0.3 is 0 Å². The molecule has 2 rings (SSSR count). The molecule has 8 heteroatoms. The molecule has 0 fully saturated rings. The summed E-state index contributed by atoms with van der Waals surface area (Å²) in [6.45, 7) is 0. The van der Waals surface area contributed by atoms with Gasteiger partial charge < -0.3 is 11.1 Å². The molecule has 3 N–H and O–H groups in total. The van der Waals surface area contributed by atoms with Crippen LogP contribution >= 0.6 is 34.5 Å². The molecule has 0 aliphatic carbocycles. The summed E-state index contributed by atoms with van der Waals surface area (Å²) in [6, 6.07) is 6.47. The molecule has 4 nitrogen and oxygen atoms in total. The van der Waals surface area contributed by atoms with Crippen molar-refractivity contribution in [2.24, 2.45) is 0 Å². The predicted molar refractivity (Wildman–Crippen MR) is 85.1 cm³/mol. The van der Waals surface area contributed by atoms with Crippen molar-refractivity contribution in [1.29, 1.82) is 0 Å². The molecule has 0 saturated carbocycles. The molecule has 0 aliphatic heterocycles. The van der Waals surface area contributed by atoms with Gasteiger partial charge in [0.1, 0.15) is 5.75 Å². The third-order valence-electron chi connectivity index (χ3n) is 2.31. The van der Waals surface area contributed by atoms with E-state index in [0.717, 1.165) is 0 Å². The minimum Gasteiger partial charge on any atom is -0.399 e. The molecule has 1 unspecified atom stereocenters. The minimum atomic E-state index is -1.38. The van der Waals surface area contributed by atoms with E-state index < -0.39 is 16.7 Å². The Morgan fingerprint density at radius 2 is 2.00 bits per heavy atom. The van der Waals surface area contributed by atoms with Gasteiger partial charge in [-0.15, -0.1) is 11.3 Å². The van der Waals surface area contributed by atoms with Crippen molar-refractivity contribution in [2.45, 2.75) is 4.21 Å². The second kappa shape index (κ2) is 6.58. The number of carbonyl (C=O) groups excluding carboxylic acids is 1. The number of nitrogens with two attached hydrogens (primary N) is 1. The van der Waals surface area contributed by atoms with Crippen LogP contribution in [-0.2, 0) is 15.6 Å². The third kappa shape index (κ3) is 3.73. The summed E-state index contributed by atoms with van der Waals surface area (Å²) in [5.41, 5.74) is 6.25. The van der Waals surface area contributed by atoms with Crippen LogP contribution in [0.4, 0.5) is 11.4 Å². The summed E-state index contributed by atoms with van der Waals surface area (Å²) < 4.78 is 12.6. The van der Waals surface area contributed by atoms with E-state index in [0.29, 0.717) is 9.90 Å². The lowest BCUT2D eigenvalue weighted by Gasteiger charge is -2.09. The molecule has 0 radical (unpaired) electrons. The molecule has 0 aliphatic rings. The zero-order chi connectivity index (χ0) is 14.7. The average Bonchev–Trinajstić information content (AvgIpc) is 2.87. The molecule has 1 heterocycles. The van der Waals surface area contributed by atoms with Crippen molar-refractivity contribution < 1.29 is 9.00 Å². The second-order valence-corrected chi connectivity index (χ2v) is 7.27. The van der Waals surface area contributed by atoms with Crippen LogP contribution < -0.4 is 11.1 Å². The monoisotopic (exact) mass is 348 g/mol. The Kier molecular flexibility index (Phi) is 5.04. The summed E-state index contributed by atoms with van der Waals surface area (Å²) in [5.74, 6) is -0.581. The van der Waals surface area contributed by atoms with Gasteiger partial charge in [0.25, 0.3) is 0 Å². The van der Waals surface area contributed by atoms with E-state index in [2.05, 4.69) is 5.32 Å². The van der Waals surface area contributed by atoms with Crippen LogP contribution in [0.15, 0.2) is 33.9 Å². The molecule has 2 aromatic rings. The number of benzene rings is 1. The summed E-state index contributed by atoms with van der Waals surface area (Å²) in [7, 11) is -1.38. The van der Waals surface area contributed by atoms with Crippen molar-refractivity contribution in [2.75, 3.05) is 16.8 Å². The smallest absolute Gasteiger partial charge is 0.237 e. The van der Waals surface area contributed by atoms with E-state index in [9.17, 15) is 9.00 Å². The van der Waals surface area contributed by atoms with E-state index in [4.69, 9.17) is 28.9 Å². The number of hydrogen-bond donors (Lipinski definition) is 2. The van der Waals surface area contributed by atoms with E-state index in [-0.39, 0.29) is 21.5 Å². The Balaban J connectivity index is 2.07. The number of anilines is 2. The highest BCUT2D eigenvalue weighted by atomic mass is 35.5. The first kappa shape index (κ1) is 15.3. The molecule has 0 spiro atoms. The molecule has 106 valence electrons. The van der Waals surface area contributed by atoms with Gasteiger partial charge in [-0.3, -0.25) is 9.00 Å². The fourth-order valence-electron chi connectivity index (χ4n) is 1.47. The molecule has 0 saturated heterocycles. The Bertz CT molecular complexity index is 636. The molecule has 1 atom stereocenters. The number of nitrogens with one attached hydrogen (secondary N) is 1. The summed E-state index contributed by atoms with van der Waals surface area (Å²) >= 11 is 13.3. The van der Waals surface area contributed by atoms with Crippen LogP contribution in [0.25, 0.3) is 0 Å². The number of amides is 1. The van der Waals surface area contributed by atoms with Gasteiger partial charge in [-0.25, -0.2) is 0 Å². The molecule has 20 heavy (non-hydrogen) atoms. The number of carbonyl (C=O) groups is 1. The first-order valence-corrected chi connectivity index (χ1v) is 8.39. The summed E-state index contributed by atoms with van der Waals surface area (Å²) in [5, 5.41) is 4.84. The van der Waals surface area contributed by atoms with Crippen molar-refractivity contribution in [3.63, 3.8) is 0 Å². The van der Waals surface area contributed by atoms with Gasteiger partial charge in [0.05, 0.1) is 30.7 Å². The van der Waals surface area contributed by atoms with Crippen LogP contribution in [0.1, 0.15) is 0 Å². The highest BCUT2D eigenvalue weighted by Gasteiger charge is 2.15. The minimum absolute atomic E-state index is 0.155. The lowest BCUT2D eigenvalue weighted by atomic mass is 10.3. The number of halogens is 2. The van der Waals surface area contributed by atoms with Gasteiger partial charge in [0, 0.05) is 5.69 Å². The fourth-order valence-corrected chi connectivity index (χ4v) is 3.97. The van der Waals surface area contributed by atoms with Gasteiger partial charge in [-0.05, 0) is 23.6 Å². The summed E-state index contributed by atoms with van der Waals surface area (Å²) in [4.78, 5) is 11.9.